The quantitative estimate of drug-likeness (QED) is 0.215. The van der Waals surface area contributed by atoms with Crippen molar-refractivity contribution in [2.45, 2.75) is 45.2 Å². The highest BCUT2D eigenvalue weighted by atomic mass is 16.3. The van der Waals surface area contributed by atoms with Crippen LogP contribution >= 0.6 is 0 Å². The van der Waals surface area contributed by atoms with Crippen LogP contribution in [-0.4, -0.2) is 37.7 Å². The van der Waals surface area contributed by atoms with Crippen LogP contribution < -0.4 is 11.1 Å². The first-order valence-corrected chi connectivity index (χ1v) is 14.1. The Morgan fingerprint density at radius 2 is 1.60 bits per heavy atom. The zero-order chi connectivity index (χ0) is 30.6. The molecule has 4 N–H and O–H groups in total. The molecule has 2 heterocycles. The van der Waals surface area contributed by atoms with E-state index in [-0.39, 0.29) is 17.6 Å². The van der Waals surface area contributed by atoms with Crippen molar-refractivity contribution in [3.05, 3.63) is 126 Å². The van der Waals surface area contributed by atoms with Gasteiger partial charge < -0.3 is 16.2 Å². The van der Waals surface area contributed by atoms with E-state index < -0.39 is 17.9 Å². The summed E-state index contributed by atoms with van der Waals surface area (Å²) in [6.07, 6.45) is 3.70. The van der Waals surface area contributed by atoms with Crippen molar-refractivity contribution >= 4 is 11.8 Å². The Balaban J connectivity index is 1.44. The maximum atomic E-state index is 13.3. The van der Waals surface area contributed by atoms with Crippen LogP contribution in [0.3, 0.4) is 0 Å². The second-order valence-corrected chi connectivity index (χ2v) is 11.6. The lowest BCUT2D eigenvalue weighted by molar-refractivity contribution is -0.119. The van der Waals surface area contributed by atoms with Gasteiger partial charge in [-0.05, 0) is 64.6 Å². The minimum absolute atomic E-state index is 0.0570. The number of nitrogens with two attached hydrogens (primary N) is 1. The van der Waals surface area contributed by atoms with Gasteiger partial charge in [0.15, 0.2) is 0 Å². The fourth-order valence-electron chi connectivity index (χ4n) is 4.86. The molecule has 2 aromatic heterocycles. The SMILES string of the molecule is CC(C)(C)c1ccc(Cn2nc(-c3cccnc3)cc2-c2cccc(C(=O)N[C@@H](Cc3ccc(O)cc3)C(N)=O)c2)cc1. The predicted molar refractivity (Wildman–Crippen MR) is 167 cm³/mol. The number of hydrogen-bond acceptors (Lipinski definition) is 5. The normalized spacial score (nSPS) is 12.1. The third-order valence-electron chi connectivity index (χ3n) is 7.34. The lowest BCUT2D eigenvalue weighted by Gasteiger charge is -2.19. The van der Waals surface area contributed by atoms with Crippen LogP contribution in [0.15, 0.2) is 103 Å². The lowest BCUT2D eigenvalue weighted by atomic mass is 9.87. The third kappa shape index (κ3) is 7.16. The zero-order valence-electron chi connectivity index (χ0n) is 24.5. The largest absolute Gasteiger partial charge is 0.508 e. The molecule has 0 aliphatic heterocycles. The number of phenolic OH excluding ortho intramolecular Hbond substituents is 1. The molecule has 0 fully saturated rings. The highest BCUT2D eigenvalue weighted by Gasteiger charge is 2.21. The summed E-state index contributed by atoms with van der Waals surface area (Å²) >= 11 is 0. The molecule has 5 aromatic rings. The predicted octanol–water partition coefficient (Wildman–Crippen LogP) is 5.49. The summed E-state index contributed by atoms with van der Waals surface area (Å²) in [7, 11) is 0. The van der Waals surface area contributed by atoms with Crippen molar-refractivity contribution in [1.29, 1.82) is 0 Å². The lowest BCUT2D eigenvalue weighted by Crippen LogP contribution is -2.45. The summed E-state index contributed by atoms with van der Waals surface area (Å²) in [5.74, 6) is -0.942. The van der Waals surface area contributed by atoms with Gasteiger partial charge in [-0.15, -0.1) is 0 Å². The second kappa shape index (κ2) is 12.3. The number of aromatic nitrogens is 3. The molecular weight excluding hydrogens is 538 g/mol. The molecule has 5 rings (SSSR count). The van der Waals surface area contributed by atoms with Gasteiger partial charge in [0.2, 0.25) is 5.91 Å². The first kappa shape index (κ1) is 29.3. The van der Waals surface area contributed by atoms with Gasteiger partial charge in [-0.1, -0.05) is 69.3 Å². The van der Waals surface area contributed by atoms with Gasteiger partial charge in [-0.25, -0.2) is 0 Å². The number of benzene rings is 3. The van der Waals surface area contributed by atoms with Gasteiger partial charge >= 0.3 is 0 Å². The highest BCUT2D eigenvalue weighted by molar-refractivity contribution is 5.98. The molecule has 0 spiro atoms. The van der Waals surface area contributed by atoms with Crippen molar-refractivity contribution in [3.63, 3.8) is 0 Å². The van der Waals surface area contributed by atoms with Crippen LogP contribution in [0.5, 0.6) is 5.75 Å². The molecule has 0 aliphatic carbocycles. The van der Waals surface area contributed by atoms with Crippen LogP contribution in [-0.2, 0) is 23.2 Å². The summed E-state index contributed by atoms with van der Waals surface area (Å²) in [5, 5.41) is 17.2. The van der Waals surface area contributed by atoms with E-state index in [9.17, 15) is 14.7 Å². The van der Waals surface area contributed by atoms with Gasteiger partial charge in [0.1, 0.15) is 11.8 Å². The Kier molecular flexibility index (Phi) is 8.39. The van der Waals surface area contributed by atoms with Gasteiger partial charge in [-0.2, -0.15) is 5.10 Å². The first-order chi connectivity index (χ1) is 20.6. The number of primary amides is 1. The fourth-order valence-corrected chi connectivity index (χ4v) is 4.86. The van der Waals surface area contributed by atoms with Crippen LogP contribution in [0.25, 0.3) is 22.5 Å². The van der Waals surface area contributed by atoms with E-state index in [1.807, 2.05) is 35.0 Å². The Morgan fingerprint density at radius 1 is 0.907 bits per heavy atom. The molecule has 8 heteroatoms. The van der Waals surface area contributed by atoms with E-state index >= 15 is 0 Å². The molecule has 8 nitrogen and oxygen atoms in total. The van der Waals surface area contributed by atoms with Crippen LogP contribution in [0.2, 0.25) is 0 Å². The fraction of sp³-hybridized carbons (Fsp3) is 0.200. The maximum absolute atomic E-state index is 13.3. The van der Waals surface area contributed by atoms with Gasteiger partial charge in [0, 0.05) is 35.5 Å². The van der Waals surface area contributed by atoms with E-state index in [0.29, 0.717) is 12.1 Å². The van der Waals surface area contributed by atoms with Crippen molar-refractivity contribution in [2.24, 2.45) is 5.73 Å². The molecule has 218 valence electrons. The number of phenols is 1. The number of hydrogen-bond donors (Lipinski definition) is 3. The van der Waals surface area contributed by atoms with E-state index in [1.165, 1.54) is 17.7 Å². The second-order valence-electron chi connectivity index (χ2n) is 11.6. The molecule has 1 atom stereocenters. The van der Waals surface area contributed by atoms with Crippen molar-refractivity contribution < 1.29 is 14.7 Å². The topological polar surface area (TPSA) is 123 Å². The average Bonchev–Trinajstić information content (AvgIpc) is 3.42. The summed E-state index contributed by atoms with van der Waals surface area (Å²) in [6, 6.07) is 27.1. The van der Waals surface area contributed by atoms with Gasteiger partial charge in [0.05, 0.1) is 17.9 Å². The molecular formula is C35H35N5O3. The molecule has 0 unspecified atom stereocenters. The number of carbonyl (C=O) groups is 2. The molecule has 3 aromatic carbocycles. The Labute approximate surface area is 251 Å². The van der Waals surface area contributed by atoms with Crippen molar-refractivity contribution in [1.82, 2.24) is 20.1 Å². The van der Waals surface area contributed by atoms with Crippen LogP contribution in [0, 0.1) is 0 Å². The molecule has 0 saturated heterocycles. The summed E-state index contributed by atoms with van der Waals surface area (Å²) in [5.41, 5.74) is 12.5. The van der Waals surface area contributed by atoms with Crippen molar-refractivity contribution in [3.8, 4) is 28.3 Å². The van der Waals surface area contributed by atoms with Crippen LogP contribution in [0.4, 0.5) is 0 Å². The average molecular weight is 574 g/mol. The number of nitrogens with zero attached hydrogens (tertiary/aromatic N) is 3. The standard InChI is InChI=1S/C35H35N5O3/c1-35(2,3)28-13-9-24(10-14-28)22-40-32(20-30(39-40)27-8-5-17-37-21-27)25-6-4-7-26(19-25)34(43)38-31(33(36)42)18-23-11-15-29(41)16-12-23/h4-17,19-21,31,41H,18,22H2,1-3H3,(H2,36,42)(H,38,43)/t31-/m0/s1. The molecule has 0 bridgehead atoms. The Bertz CT molecular complexity index is 1720. The molecule has 43 heavy (non-hydrogen) atoms. The molecule has 0 saturated carbocycles. The Morgan fingerprint density at radius 3 is 2.26 bits per heavy atom. The maximum Gasteiger partial charge on any atom is 0.251 e. The number of nitrogens with one attached hydrogen (secondary N) is 1. The van der Waals surface area contributed by atoms with Crippen LogP contribution in [0.1, 0.15) is 47.8 Å². The van der Waals surface area contributed by atoms with E-state index in [0.717, 1.165) is 33.6 Å². The minimum atomic E-state index is -0.917. The van der Waals surface area contributed by atoms with Gasteiger partial charge in [0.25, 0.3) is 5.91 Å². The number of aromatic hydroxyl groups is 1. The smallest absolute Gasteiger partial charge is 0.251 e. The highest BCUT2D eigenvalue weighted by Crippen LogP contribution is 2.28. The number of carbonyl (C=O) groups excluding carboxylic acids is 2. The zero-order valence-corrected chi connectivity index (χ0v) is 24.5. The molecule has 0 radical (unpaired) electrons. The Hall–Kier alpha value is -5.24. The van der Waals surface area contributed by atoms with E-state index in [4.69, 9.17) is 10.8 Å². The summed E-state index contributed by atoms with van der Waals surface area (Å²) in [6.45, 7) is 7.11. The number of amides is 2. The summed E-state index contributed by atoms with van der Waals surface area (Å²) < 4.78 is 1.93. The monoisotopic (exact) mass is 573 g/mol. The minimum Gasteiger partial charge on any atom is -0.508 e. The number of pyridine rings is 1. The summed E-state index contributed by atoms with van der Waals surface area (Å²) in [4.78, 5) is 29.8. The first-order valence-electron chi connectivity index (χ1n) is 14.1. The van der Waals surface area contributed by atoms with E-state index in [1.54, 1.807) is 36.7 Å². The van der Waals surface area contributed by atoms with Gasteiger partial charge in [-0.3, -0.25) is 19.3 Å². The molecule has 0 aliphatic rings. The number of rotatable bonds is 9. The molecule has 2 amide bonds. The van der Waals surface area contributed by atoms with E-state index in [2.05, 4.69) is 55.3 Å². The van der Waals surface area contributed by atoms with Crippen molar-refractivity contribution in [2.75, 3.05) is 0 Å². The third-order valence-corrected chi connectivity index (χ3v) is 7.34.